The van der Waals surface area contributed by atoms with Gasteiger partial charge in [-0.3, -0.25) is 9.80 Å². The normalized spacial score (nSPS) is 23.4. The molecule has 2 aliphatic rings. The standard InChI is InChI=1S/C15H27N3O2/c16-5-4-15(18-9-13-20-14-10-18)3-1-2-6-17-7-11-19-12-8-17/h15H,1-4,6-14H2. The van der Waals surface area contributed by atoms with Gasteiger partial charge >= 0.3 is 0 Å². The first-order chi connectivity index (χ1) is 9.90. The van der Waals surface area contributed by atoms with E-state index in [4.69, 9.17) is 14.7 Å². The molecule has 2 saturated heterocycles. The first kappa shape index (κ1) is 15.7. The molecule has 2 rings (SSSR count). The van der Waals surface area contributed by atoms with E-state index in [0.717, 1.165) is 59.0 Å². The van der Waals surface area contributed by atoms with Gasteiger partial charge in [-0.25, -0.2) is 0 Å². The fourth-order valence-electron chi connectivity index (χ4n) is 3.00. The Kier molecular flexibility index (Phi) is 7.31. The number of morpholine rings is 2. The van der Waals surface area contributed by atoms with Crippen molar-refractivity contribution in [3.8, 4) is 6.07 Å². The number of rotatable bonds is 7. The summed E-state index contributed by atoms with van der Waals surface area (Å²) in [5, 5.41) is 9.00. The monoisotopic (exact) mass is 281 g/mol. The van der Waals surface area contributed by atoms with E-state index in [2.05, 4.69) is 15.9 Å². The maximum absolute atomic E-state index is 9.00. The van der Waals surface area contributed by atoms with Crippen molar-refractivity contribution in [1.82, 2.24) is 9.80 Å². The number of nitriles is 1. The molecule has 2 heterocycles. The Bertz CT molecular complexity index is 294. The number of ether oxygens (including phenoxy) is 2. The van der Waals surface area contributed by atoms with Crippen LogP contribution in [0.2, 0.25) is 0 Å². The van der Waals surface area contributed by atoms with E-state index in [9.17, 15) is 0 Å². The molecule has 0 saturated carbocycles. The predicted octanol–water partition coefficient (Wildman–Crippen LogP) is 1.10. The molecular formula is C15H27N3O2. The van der Waals surface area contributed by atoms with Gasteiger partial charge in [-0.05, 0) is 19.4 Å². The van der Waals surface area contributed by atoms with E-state index in [1.165, 1.54) is 19.4 Å². The zero-order valence-corrected chi connectivity index (χ0v) is 12.4. The largest absolute Gasteiger partial charge is 0.379 e. The highest BCUT2D eigenvalue weighted by atomic mass is 16.5. The van der Waals surface area contributed by atoms with Gasteiger partial charge < -0.3 is 9.47 Å². The summed E-state index contributed by atoms with van der Waals surface area (Å²) in [6, 6.07) is 2.77. The van der Waals surface area contributed by atoms with Crippen LogP contribution in [0, 0.1) is 11.3 Å². The highest BCUT2D eigenvalue weighted by Crippen LogP contribution is 2.14. The summed E-state index contributed by atoms with van der Waals surface area (Å²) in [6.07, 6.45) is 4.22. The van der Waals surface area contributed by atoms with Crippen LogP contribution in [0.1, 0.15) is 25.7 Å². The van der Waals surface area contributed by atoms with Crippen LogP contribution in [-0.2, 0) is 9.47 Å². The van der Waals surface area contributed by atoms with Crippen LogP contribution in [0.3, 0.4) is 0 Å². The van der Waals surface area contributed by atoms with Crippen LogP contribution in [0.4, 0.5) is 0 Å². The zero-order valence-electron chi connectivity index (χ0n) is 12.4. The maximum atomic E-state index is 9.00. The Morgan fingerprint density at radius 1 is 0.950 bits per heavy atom. The van der Waals surface area contributed by atoms with Crippen molar-refractivity contribution in [2.75, 3.05) is 59.2 Å². The third-order valence-corrected chi connectivity index (χ3v) is 4.25. The molecule has 0 aliphatic carbocycles. The zero-order chi connectivity index (χ0) is 14.0. The number of nitrogens with zero attached hydrogens (tertiary/aromatic N) is 3. The summed E-state index contributed by atoms with van der Waals surface area (Å²) in [4.78, 5) is 4.92. The molecule has 0 spiro atoms. The third kappa shape index (κ3) is 5.37. The summed E-state index contributed by atoms with van der Waals surface area (Å²) < 4.78 is 10.7. The van der Waals surface area contributed by atoms with Crippen molar-refractivity contribution in [3.63, 3.8) is 0 Å². The molecule has 2 aliphatic heterocycles. The molecule has 2 fully saturated rings. The number of unbranched alkanes of at least 4 members (excludes halogenated alkanes) is 1. The smallest absolute Gasteiger partial charge is 0.0638 e. The third-order valence-electron chi connectivity index (χ3n) is 4.25. The van der Waals surface area contributed by atoms with E-state index in [-0.39, 0.29) is 0 Å². The van der Waals surface area contributed by atoms with Crippen molar-refractivity contribution >= 4 is 0 Å². The highest BCUT2D eigenvalue weighted by molar-refractivity contribution is 4.84. The predicted molar refractivity (Wildman–Crippen MR) is 77.5 cm³/mol. The minimum Gasteiger partial charge on any atom is -0.379 e. The number of hydrogen-bond donors (Lipinski definition) is 0. The van der Waals surface area contributed by atoms with Gasteiger partial charge in [0.15, 0.2) is 0 Å². The molecule has 20 heavy (non-hydrogen) atoms. The second-order valence-corrected chi connectivity index (χ2v) is 5.61. The lowest BCUT2D eigenvalue weighted by Crippen LogP contribution is -2.43. The highest BCUT2D eigenvalue weighted by Gasteiger charge is 2.20. The molecule has 0 bridgehead atoms. The van der Waals surface area contributed by atoms with Crippen LogP contribution < -0.4 is 0 Å². The average molecular weight is 281 g/mol. The van der Waals surface area contributed by atoms with Gasteiger partial charge in [0.25, 0.3) is 0 Å². The van der Waals surface area contributed by atoms with E-state index in [0.29, 0.717) is 12.5 Å². The molecule has 114 valence electrons. The Balaban J connectivity index is 1.62. The van der Waals surface area contributed by atoms with Crippen molar-refractivity contribution in [2.24, 2.45) is 0 Å². The molecule has 0 aromatic heterocycles. The topological polar surface area (TPSA) is 48.7 Å². The van der Waals surface area contributed by atoms with E-state index < -0.39 is 0 Å². The molecule has 0 aromatic carbocycles. The fraction of sp³-hybridized carbons (Fsp3) is 0.933. The van der Waals surface area contributed by atoms with Crippen LogP contribution in [0.5, 0.6) is 0 Å². The van der Waals surface area contributed by atoms with Crippen LogP contribution >= 0.6 is 0 Å². The molecular weight excluding hydrogens is 254 g/mol. The molecule has 0 radical (unpaired) electrons. The van der Waals surface area contributed by atoms with Crippen LogP contribution in [0.15, 0.2) is 0 Å². The molecule has 1 unspecified atom stereocenters. The van der Waals surface area contributed by atoms with Gasteiger partial charge in [0.05, 0.1) is 38.9 Å². The lowest BCUT2D eigenvalue weighted by atomic mass is 10.0. The average Bonchev–Trinajstić information content (AvgIpc) is 2.52. The molecule has 0 N–H and O–H groups in total. The van der Waals surface area contributed by atoms with Gasteiger partial charge in [-0.2, -0.15) is 5.26 Å². The summed E-state index contributed by atoms with van der Waals surface area (Å²) in [7, 11) is 0. The van der Waals surface area contributed by atoms with E-state index in [1.54, 1.807) is 0 Å². The van der Waals surface area contributed by atoms with E-state index >= 15 is 0 Å². The second-order valence-electron chi connectivity index (χ2n) is 5.61. The quantitative estimate of drug-likeness (QED) is 0.654. The molecule has 0 aromatic rings. The Morgan fingerprint density at radius 2 is 1.60 bits per heavy atom. The Labute approximate surface area is 122 Å². The van der Waals surface area contributed by atoms with Gasteiger partial charge in [-0.1, -0.05) is 6.42 Å². The molecule has 5 heteroatoms. The lowest BCUT2D eigenvalue weighted by Gasteiger charge is -2.33. The van der Waals surface area contributed by atoms with Crippen molar-refractivity contribution in [2.45, 2.75) is 31.7 Å². The summed E-state index contributed by atoms with van der Waals surface area (Å²) in [5.41, 5.74) is 0. The SMILES string of the molecule is N#CCC(CCCCN1CCOCC1)N1CCOCC1. The molecule has 0 amide bonds. The number of hydrogen-bond acceptors (Lipinski definition) is 5. The van der Waals surface area contributed by atoms with Gasteiger partial charge in [0, 0.05) is 32.2 Å². The fourth-order valence-corrected chi connectivity index (χ4v) is 3.00. The van der Waals surface area contributed by atoms with Crippen LogP contribution in [0.25, 0.3) is 0 Å². The summed E-state index contributed by atoms with van der Waals surface area (Å²) >= 11 is 0. The minimum atomic E-state index is 0.425. The second kappa shape index (κ2) is 9.30. The molecule has 5 nitrogen and oxygen atoms in total. The molecule has 1 atom stereocenters. The van der Waals surface area contributed by atoms with Crippen molar-refractivity contribution in [1.29, 1.82) is 5.26 Å². The van der Waals surface area contributed by atoms with Gasteiger partial charge in [0.2, 0.25) is 0 Å². The first-order valence-corrected chi connectivity index (χ1v) is 7.89. The van der Waals surface area contributed by atoms with Gasteiger partial charge in [0.1, 0.15) is 0 Å². The summed E-state index contributed by atoms with van der Waals surface area (Å²) in [5.74, 6) is 0. The Morgan fingerprint density at radius 3 is 2.25 bits per heavy atom. The minimum absolute atomic E-state index is 0.425. The van der Waals surface area contributed by atoms with Crippen molar-refractivity contribution in [3.05, 3.63) is 0 Å². The summed E-state index contributed by atoms with van der Waals surface area (Å²) in [6.45, 7) is 8.68. The lowest BCUT2D eigenvalue weighted by molar-refractivity contribution is 0.0144. The Hall–Kier alpha value is -0.670. The van der Waals surface area contributed by atoms with Gasteiger partial charge in [-0.15, -0.1) is 0 Å². The van der Waals surface area contributed by atoms with Crippen molar-refractivity contribution < 1.29 is 9.47 Å². The van der Waals surface area contributed by atoms with E-state index in [1.807, 2.05) is 0 Å². The maximum Gasteiger partial charge on any atom is 0.0638 e. The van der Waals surface area contributed by atoms with Crippen LogP contribution in [-0.4, -0.2) is 75.0 Å². The first-order valence-electron chi connectivity index (χ1n) is 7.89.